The van der Waals surface area contributed by atoms with Crippen LogP contribution >= 0.6 is 0 Å². The molecule has 17 heavy (non-hydrogen) atoms. The van der Waals surface area contributed by atoms with Crippen LogP contribution in [0.5, 0.6) is 0 Å². The zero-order valence-corrected chi connectivity index (χ0v) is 8.87. The minimum Gasteiger partial charge on any atom is -0.495 e. The van der Waals surface area contributed by atoms with Crippen LogP contribution in [0.25, 0.3) is 0 Å². The molecule has 2 nitrogen and oxygen atoms in total. The molecule has 0 saturated carbocycles. The highest BCUT2D eigenvalue weighted by atomic mass is 19.4. The van der Waals surface area contributed by atoms with Crippen LogP contribution in [0.15, 0.2) is 36.1 Å². The Balaban J connectivity index is 2.27. The van der Waals surface area contributed by atoms with Crippen LogP contribution in [0.2, 0.25) is 0 Å². The van der Waals surface area contributed by atoms with Gasteiger partial charge >= 0.3 is 6.18 Å². The minimum atomic E-state index is -4.40. The van der Waals surface area contributed by atoms with Crippen LogP contribution in [0.4, 0.5) is 13.2 Å². The topological polar surface area (TPSA) is 29.5 Å². The molecular weight excluding hydrogens is 233 g/mol. The molecule has 0 spiro atoms. The van der Waals surface area contributed by atoms with Crippen molar-refractivity contribution in [2.24, 2.45) is 0 Å². The van der Waals surface area contributed by atoms with Gasteiger partial charge in [-0.05, 0) is 23.8 Å². The van der Waals surface area contributed by atoms with Gasteiger partial charge in [0.1, 0.15) is 11.9 Å². The lowest BCUT2D eigenvalue weighted by Crippen LogP contribution is -2.08. The fourth-order valence-electron chi connectivity index (χ4n) is 1.68. The van der Waals surface area contributed by atoms with Gasteiger partial charge in [0.15, 0.2) is 0 Å². The first kappa shape index (κ1) is 12.0. The van der Waals surface area contributed by atoms with Crippen LogP contribution < -0.4 is 0 Å². The highest BCUT2D eigenvalue weighted by Gasteiger charge is 2.31. The van der Waals surface area contributed by atoms with Crippen molar-refractivity contribution in [3.63, 3.8) is 0 Å². The molecule has 92 valence electrons. The van der Waals surface area contributed by atoms with Gasteiger partial charge in [0.25, 0.3) is 0 Å². The van der Waals surface area contributed by atoms with Gasteiger partial charge in [-0.1, -0.05) is 12.1 Å². The van der Waals surface area contributed by atoms with Crippen LogP contribution in [0, 0.1) is 0 Å². The molecule has 0 aromatic heterocycles. The summed E-state index contributed by atoms with van der Waals surface area (Å²) in [5.41, 5.74) is -0.583. The van der Waals surface area contributed by atoms with Crippen LogP contribution in [-0.2, 0) is 10.9 Å². The SMILES string of the molecule is OC(C1=CCCO1)c1cccc(C(F)(F)F)c1. The van der Waals surface area contributed by atoms with E-state index in [0.717, 1.165) is 12.1 Å². The highest BCUT2D eigenvalue weighted by Crippen LogP contribution is 2.33. The Morgan fingerprint density at radius 3 is 2.65 bits per heavy atom. The van der Waals surface area contributed by atoms with E-state index in [1.165, 1.54) is 12.1 Å². The monoisotopic (exact) mass is 244 g/mol. The van der Waals surface area contributed by atoms with Crippen molar-refractivity contribution < 1.29 is 23.0 Å². The number of aliphatic hydroxyl groups is 1. The molecule has 1 aromatic rings. The predicted molar refractivity (Wildman–Crippen MR) is 55.1 cm³/mol. The van der Waals surface area contributed by atoms with E-state index in [4.69, 9.17) is 4.74 Å². The molecule has 0 aliphatic carbocycles. The quantitative estimate of drug-likeness (QED) is 0.866. The Morgan fingerprint density at radius 2 is 2.06 bits per heavy atom. The molecule has 1 aliphatic heterocycles. The average Bonchev–Trinajstić information content (AvgIpc) is 2.80. The molecule has 1 atom stereocenters. The maximum atomic E-state index is 12.5. The van der Waals surface area contributed by atoms with Crippen molar-refractivity contribution in [2.45, 2.75) is 18.7 Å². The zero-order chi connectivity index (χ0) is 12.5. The van der Waals surface area contributed by atoms with E-state index in [0.29, 0.717) is 18.8 Å². The molecule has 0 fully saturated rings. The van der Waals surface area contributed by atoms with Crippen molar-refractivity contribution >= 4 is 0 Å². The van der Waals surface area contributed by atoms with Crippen LogP contribution in [0.3, 0.4) is 0 Å². The lowest BCUT2D eigenvalue weighted by Gasteiger charge is -2.14. The predicted octanol–water partition coefficient (Wildman–Crippen LogP) is 3.04. The lowest BCUT2D eigenvalue weighted by molar-refractivity contribution is -0.137. The Bertz CT molecular complexity index is 438. The van der Waals surface area contributed by atoms with E-state index >= 15 is 0 Å². The number of rotatable bonds is 2. The molecule has 1 unspecified atom stereocenters. The average molecular weight is 244 g/mol. The summed E-state index contributed by atoms with van der Waals surface area (Å²) in [6.45, 7) is 0.464. The maximum absolute atomic E-state index is 12.5. The Kier molecular flexibility index (Phi) is 3.11. The van der Waals surface area contributed by atoms with Gasteiger partial charge in [-0.3, -0.25) is 0 Å². The molecular formula is C12H11F3O2. The Morgan fingerprint density at radius 1 is 1.29 bits per heavy atom. The highest BCUT2D eigenvalue weighted by molar-refractivity contribution is 5.30. The molecule has 0 saturated heterocycles. The van der Waals surface area contributed by atoms with E-state index in [2.05, 4.69) is 0 Å². The molecule has 5 heteroatoms. The van der Waals surface area contributed by atoms with Crippen molar-refractivity contribution in [1.82, 2.24) is 0 Å². The summed E-state index contributed by atoms with van der Waals surface area (Å²) in [4.78, 5) is 0. The summed E-state index contributed by atoms with van der Waals surface area (Å²) in [6, 6.07) is 4.63. The van der Waals surface area contributed by atoms with E-state index < -0.39 is 17.8 Å². The third-order valence-corrected chi connectivity index (χ3v) is 2.53. The first-order valence-corrected chi connectivity index (χ1v) is 5.16. The Labute approximate surface area is 96.3 Å². The normalized spacial score (nSPS) is 17.5. The van der Waals surface area contributed by atoms with Crippen LogP contribution in [0.1, 0.15) is 23.7 Å². The minimum absolute atomic E-state index is 0.188. The van der Waals surface area contributed by atoms with E-state index in [-0.39, 0.29) is 5.56 Å². The zero-order valence-electron chi connectivity index (χ0n) is 8.87. The third kappa shape index (κ3) is 2.61. The molecule has 1 N–H and O–H groups in total. The fraction of sp³-hybridized carbons (Fsp3) is 0.333. The Hall–Kier alpha value is -1.49. The second-order valence-electron chi connectivity index (χ2n) is 3.77. The fourth-order valence-corrected chi connectivity index (χ4v) is 1.68. The van der Waals surface area contributed by atoms with Gasteiger partial charge in [-0.25, -0.2) is 0 Å². The number of hydrogen-bond donors (Lipinski definition) is 1. The maximum Gasteiger partial charge on any atom is 0.416 e. The first-order chi connectivity index (χ1) is 7.98. The first-order valence-electron chi connectivity index (χ1n) is 5.16. The molecule has 0 bridgehead atoms. The number of ether oxygens (including phenoxy) is 1. The number of halogens is 3. The molecule has 1 aromatic carbocycles. The summed E-state index contributed by atoms with van der Waals surface area (Å²) >= 11 is 0. The van der Waals surface area contributed by atoms with Gasteiger partial charge in [-0.15, -0.1) is 0 Å². The van der Waals surface area contributed by atoms with Gasteiger partial charge in [-0.2, -0.15) is 13.2 Å². The number of benzene rings is 1. The smallest absolute Gasteiger partial charge is 0.416 e. The van der Waals surface area contributed by atoms with Crippen LogP contribution in [-0.4, -0.2) is 11.7 Å². The van der Waals surface area contributed by atoms with Gasteiger partial charge in [0, 0.05) is 6.42 Å². The molecule has 0 amide bonds. The summed E-state index contributed by atoms with van der Waals surface area (Å²) in [5, 5.41) is 9.85. The van der Waals surface area contributed by atoms with Crippen molar-refractivity contribution in [2.75, 3.05) is 6.61 Å². The molecule has 1 aliphatic rings. The standard InChI is InChI=1S/C12H11F3O2/c13-12(14,15)9-4-1-3-8(7-9)11(16)10-5-2-6-17-10/h1,3-5,7,11,16H,2,6H2. The van der Waals surface area contributed by atoms with E-state index in [1.807, 2.05) is 0 Å². The van der Waals surface area contributed by atoms with E-state index in [9.17, 15) is 18.3 Å². The number of hydrogen-bond acceptors (Lipinski definition) is 2. The summed E-state index contributed by atoms with van der Waals surface area (Å²) in [5.74, 6) is 0.323. The summed E-state index contributed by atoms with van der Waals surface area (Å²) in [7, 11) is 0. The second-order valence-corrected chi connectivity index (χ2v) is 3.77. The third-order valence-electron chi connectivity index (χ3n) is 2.53. The van der Waals surface area contributed by atoms with Crippen molar-refractivity contribution in [1.29, 1.82) is 0 Å². The molecule has 0 radical (unpaired) electrons. The molecule has 2 rings (SSSR count). The second kappa shape index (κ2) is 4.41. The largest absolute Gasteiger partial charge is 0.495 e. The lowest BCUT2D eigenvalue weighted by atomic mass is 10.0. The van der Waals surface area contributed by atoms with Crippen molar-refractivity contribution in [3.05, 3.63) is 47.2 Å². The summed E-state index contributed by atoms with van der Waals surface area (Å²) < 4.78 is 42.6. The number of alkyl halides is 3. The number of aliphatic hydroxyl groups excluding tert-OH is 1. The van der Waals surface area contributed by atoms with Gasteiger partial charge < -0.3 is 9.84 Å². The summed E-state index contributed by atoms with van der Waals surface area (Å²) in [6.07, 6.45) is -3.17. The molecule has 1 heterocycles. The van der Waals surface area contributed by atoms with E-state index in [1.54, 1.807) is 6.08 Å². The van der Waals surface area contributed by atoms with Gasteiger partial charge in [0.05, 0.1) is 12.2 Å². The van der Waals surface area contributed by atoms with Crippen molar-refractivity contribution in [3.8, 4) is 0 Å². The van der Waals surface area contributed by atoms with Gasteiger partial charge in [0.2, 0.25) is 0 Å².